The van der Waals surface area contributed by atoms with Gasteiger partial charge in [-0.2, -0.15) is 0 Å². The van der Waals surface area contributed by atoms with E-state index in [0.29, 0.717) is 6.42 Å². The third-order valence-corrected chi connectivity index (χ3v) is 4.78. The molecule has 1 radical (unpaired) electrons. The summed E-state index contributed by atoms with van der Waals surface area (Å²) >= 11 is 0. The Morgan fingerprint density at radius 3 is 1.42 bits per heavy atom. The van der Waals surface area contributed by atoms with Gasteiger partial charge < -0.3 is 0 Å². The number of rotatable bonds is 21. The van der Waals surface area contributed by atoms with Crippen LogP contribution in [0.1, 0.15) is 116 Å². The first kappa shape index (κ1) is 24.8. The minimum Gasteiger partial charge on any atom is -0.291 e. The molecule has 0 aromatic rings. The lowest BCUT2D eigenvalue weighted by Crippen LogP contribution is -1.99. The van der Waals surface area contributed by atoms with E-state index < -0.39 is 0 Å². The Kier molecular flexibility index (Phi) is 20.9. The molecule has 0 saturated carbocycles. The summed E-state index contributed by atoms with van der Waals surface area (Å²) in [6.07, 6.45) is 27.6. The molecule has 0 saturated heterocycles. The first-order valence-corrected chi connectivity index (χ1v) is 10.9. The number of allylic oxidation sites excluding steroid dienone is 2. The first-order valence-electron chi connectivity index (χ1n) is 10.9. The third kappa shape index (κ3) is 22.8. The third-order valence-electron chi connectivity index (χ3n) is 4.78. The lowest BCUT2D eigenvalue weighted by molar-refractivity contribution is -0.480. The molecule has 0 N–H and O–H groups in total. The molecule has 4 nitrogen and oxygen atoms in total. The molecule has 0 rings (SSSR count). The van der Waals surface area contributed by atoms with Crippen molar-refractivity contribution in [2.75, 3.05) is 6.54 Å². The fourth-order valence-corrected chi connectivity index (χ4v) is 3.14. The highest BCUT2D eigenvalue weighted by Crippen LogP contribution is 2.12. The van der Waals surface area contributed by atoms with Gasteiger partial charge in [0, 0.05) is 17.8 Å². The number of nitrogens with zero attached hydrogens (tertiary/aromatic N) is 1. The standard InChI is InChI=1S/C22H40NO3/c24-22-20-18-16-14-12-10-8-6-4-2-1-3-5-7-9-11-13-15-17-19-21-23(25)26/h3,5H,1-2,4,6-21H2/b5-3-. The number of hydrogen-bond donors (Lipinski definition) is 0. The van der Waals surface area contributed by atoms with E-state index in [4.69, 9.17) is 0 Å². The van der Waals surface area contributed by atoms with Crippen molar-refractivity contribution in [1.82, 2.24) is 0 Å². The van der Waals surface area contributed by atoms with Gasteiger partial charge in [-0.1, -0.05) is 76.4 Å². The molecule has 0 heterocycles. The second kappa shape index (κ2) is 21.9. The van der Waals surface area contributed by atoms with Crippen molar-refractivity contribution >= 4 is 6.29 Å². The second-order valence-corrected chi connectivity index (χ2v) is 7.30. The van der Waals surface area contributed by atoms with Gasteiger partial charge in [0.25, 0.3) is 0 Å². The lowest BCUT2D eigenvalue weighted by atomic mass is 10.1. The molecule has 0 bridgehead atoms. The van der Waals surface area contributed by atoms with Gasteiger partial charge in [-0.3, -0.25) is 14.9 Å². The summed E-state index contributed by atoms with van der Waals surface area (Å²) in [7, 11) is 0. The summed E-state index contributed by atoms with van der Waals surface area (Å²) in [6.45, 7) is 0.129. The summed E-state index contributed by atoms with van der Waals surface area (Å²) in [5.41, 5.74) is 0. The highest BCUT2D eigenvalue weighted by Gasteiger charge is 1.96. The van der Waals surface area contributed by atoms with Crippen LogP contribution in [-0.4, -0.2) is 17.8 Å². The Balaban J connectivity index is 3.08. The number of hydrogen-bond acceptors (Lipinski definition) is 3. The molecule has 0 aliphatic heterocycles. The molecule has 0 aliphatic carbocycles. The molecule has 151 valence electrons. The van der Waals surface area contributed by atoms with E-state index in [2.05, 4.69) is 12.2 Å². The smallest absolute Gasteiger partial charge is 0.203 e. The zero-order valence-electron chi connectivity index (χ0n) is 16.8. The Hall–Kier alpha value is -1.19. The van der Waals surface area contributed by atoms with Crippen LogP contribution in [0.3, 0.4) is 0 Å². The minimum atomic E-state index is -0.219. The van der Waals surface area contributed by atoms with E-state index in [0.717, 1.165) is 25.7 Å². The van der Waals surface area contributed by atoms with E-state index in [-0.39, 0.29) is 11.5 Å². The van der Waals surface area contributed by atoms with Gasteiger partial charge in [0.15, 0.2) is 6.29 Å². The molecule has 0 aliphatic rings. The molecule has 0 fully saturated rings. The largest absolute Gasteiger partial charge is 0.291 e. The maximum absolute atomic E-state index is 10.2. The van der Waals surface area contributed by atoms with Crippen LogP contribution < -0.4 is 0 Å². The summed E-state index contributed by atoms with van der Waals surface area (Å²) in [4.78, 5) is 20.0. The van der Waals surface area contributed by atoms with Gasteiger partial charge >= 0.3 is 0 Å². The van der Waals surface area contributed by atoms with Crippen LogP contribution in [0, 0.1) is 10.1 Å². The summed E-state index contributed by atoms with van der Waals surface area (Å²) in [6, 6.07) is 0. The van der Waals surface area contributed by atoms with Crippen LogP contribution in [0.4, 0.5) is 0 Å². The van der Waals surface area contributed by atoms with E-state index in [1.165, 1.54) is 83.5 Å². The van der Waals surface area contributed by atoms with Crippen LogP contribution in [0.2, 0.25) is 0 Å². The zero-order valence-corrected chi connectivity index (χ0v) is 16.8. The predicted octanol–water partition coefficient (Wildman–Crippen LogP) is 6.95. The average Bonchev–Trinajstić information content (AvgIpc) is 2.62. The highest BCUT2D eigenvalue weighted by atomic mass is 16.6. The zero-order chi connectivity index (χ0) is 19.1. The van der Waals surface area contributed by atoms with Crippen molar-refractivity contribution < 1.29 is 9.72 Å². The Morgan fingerprint density at radius 1 is 0.615 bits per heavy atom. The van der Waals surface area contributed by atoms with Crippen molar-refractivity contribution in [2.45, 2.75) is 116 Å². The number of unbranched alkanes of at least 4 members (excludes halogenated alkanes) is 16. The molecule has 0 spiro atoms. The summed E-state index contributed by atoms with van der Waals surface area (Å²) in [5.74, 6) is 0. The summed E-state index contributed by atoms with van der Waals surface area (Å²) < 4.78 is 0. The fourth-order valence-electron chi connectivity index (χ4n) is 3.14. The van der Waals surface area contributed by atoms with E-state index in [1.807, 2.05) is 6.29 Å². The van der Waals surface area contributed by atoms with Crippen LogP contribution >= 0.6 is 0 Å². The molecule has 0 amide bonds. The van der Waals surface area contributed by atoms with Crippen LogP contribution in [0.5, 0.6) is 0 Å². The second-order valence-electron chi connectivity index (χ2n) is 7.30. The molecule has 0 aromatic carbocycles. The van der Waals surface area contributed by atoms with Gasteiger partial charge in [-0.05, 0) is 38.5 Å². The minimum absolute atomic E-state index is 0.129. The van der Waals surface area contributed by atoms with Gasteiger partial charge in [-0.25, -0.2) is 0 Å². The Morgan fingerprint density at radius 2 is 1.00 bits per heavy atom. The van der Waals surface area contributed by atoms with Crippen LogP contribution in [0.25, 0.3) is 0 Å². The van der Waals surface area contributed by atoms with E-state index in [1.54, 1.807) is 0 Å². The van der Waals surface area contributed by atoms with Crippen LogP contribution in [0.15, 0.2) is 12.2 Å². The van der Waals surface area contributed by atoms with Gasteiger partial charge in [-0.15, -0.1) is 0 Å². The van der Waals surface area contributed by atoms with E-state index >= 15 is 0 Å². The van der Waals surface area contributed by atoms with Gasteiger partial charge in [0.05, 0.1) is 0 Å². The number of carbonyl (C=O) groups excluding carboxylic acids is 1. The Labute approximate surface area is 161 Å². The topological polar surface area (TPSA) is 60.2 Å². The molecular formula is C22H40NO3. The molecule has 0 aromatic heterocycles. The van der Waals surface area contributed by atoms with E-state index in [9.17, 15) is 14.9 Å². The molecule has 4 heteroatoms. The fraction of sp³-hybridized carbons (Fsp3) is 0.864. The summed E-state index contributed by atoms with van der Waals surface area (Å²) in [5, 5.41) is 10.2. The molecular weight excluding hydrogens is 326 g/mol. The van der Waals surface area contributed by atoms with Gasteiger partial charge in [0.2, 0.25) is 6.54 Å². The van der Waals surface area contributed by atoms with Crippen molar-refractivity contribution in [1.29, 1.82) is 0 Å². The maximum Gasteiger partial charge on any atom is 0.203 e. The van der Waals surface area contributed by atoms with Crippen molar-refractivity contribution in [3.63, 3.8) is 0 Å². The van der Waals surface area contributed by atoms with Crippen molar-refractivity contribution in [2.24, 2.45) is 0 Å². The normalized spacial score (nSPS) is 11.2. The number of nitro groups is 1. The quantitative estimate of drug-likeness (QED) is 0.0955. The molecule has 0 atom stereocenters. The highest BCUT2D eigenvalue weighted by molar-refractivity contribution is 5.50. The van der Waals surface area contributed by atoms with Crippen molar-refractivity contribution in [3.05, 3.63) is 22.3 Å². The van der Waals surface area contributed by atoms with Gasteiger partial charge in [0.1, 0.15) is 0 Å². The molecule has 26 heavy (non-hydrogen) atoms. The van der Waals surface area contributed by atoms with Crippen molar-refractivity contribution in [3.8, 4) is 0 Å². The Bertz CT molecular complexity index is 342. The lowest BCUT2D eigenvalue weighted by Gasteiger charge is -2.01. The molecule has 0 unspecified atom stereocenters. The van der Waals surface area contributed by atoms with Crippen LogP contribution in [-0.2, 0) is 4.79 Å². The average molecular weight is 367 g/mol. The SMILES string of the molecule is O=[C]CCCCCCCCCCC/C=C\CCCCCCCC[N+](=O)[O-]. The first-order chi connectivity index (χ1) is 12.8. The predicted molar refractivity (Wildman–Crippen MR) is 110 cm³/mol. The maximum atomic E-state index is 10.2. The monoisotopic (exact) mass is 366 g/mol.